The SMILES string of the molecule is CC1CC1C(=O)OCC(=O)c1ccc2c(c1)NC(=O)CO2. The number of hydrogen-bond acceptors (Lipinski definition) is 5. The monoisotopic (exact) mass is 289 g/mol. The van der Waals surface area contributed by atoms with E-state index in [0.717, 1.165) is 6.42 Å². The van der Waals surface area contributed by atoms with Crippen LogP contribution in [-0.2, 0) is 14.3 Å². The number of amides is 1. The molecule has 1 aliphatic heterocycles. The second kappa shape index (κ2) is 5.20. The molecule has 1 fully saturated rings. The second-order valence-corrected chi connectivity index (χ2v) is 5.40. The van der Waals surface area contributed by atoms with Gasteiger partial charge in [0.1, 0.15) is 5.75 Å². The van der Waals surface area contributed by atoms with Gasteiger partial charge in [-0.25, -0.2) is 0 Å². The summed E-state index contributed by atoms with van der Waals surface area (Å²) in [6.45, 7) is 1.66. The minimum Gasteiger partial charge on any atom is -0.482 e. The topological polar surface area (TPSA) is 81.7 Å². The van der Waals surface area contributed by atoms with E-state index in [9.17, 15) is 14.4 Å². The molecule has 0 aromatic heterocycles. The molecule has 0 radical (unpaired) electrons. The molecule has 3 rings (SSSR count). The van der Waals surface area contributed by atoms with Crippen molar-refractivity contribution in [1.29, 1.82) is 0 Å². The minimum atomic E-state index is -0.314. The number of nitrogens with one attached hydrogen (secondary N) is 1. The molecule has 2 unspecified atom stereocenters. The second-order valence-electron chi connectivity index (χ2n) is 5.40. The standard InChI is InChI=1S/C15H15NO5/c1-8-4-10(8)15(19)21-6-12(17)9-2-3-13-11(5-9)16-14(18)7-20-13/h2-3,5,8,10H,4,6-7H2,1H3,(H,16,18). The highest BCUT2D eigenvalue weighted by molar-refractivity contribution is 6.01. The number of benzene rings is 1. The van der Waals surface area contributed by atoms with Gasteiger partial charge in [0.15, 0.2) is 19.0 Å². The van der Waals surface area contributed by atoms with Crippen molar-refractivity contribution in [2.45, 2.75) is 13.3 Å². The summed E-state index contributed by atoms with van der Waals surface area (Å²) in [5, 5.41) is 2.63. The quantitative estimate of drug-likeness (QED) is 0.669. The van der Waals surface area contributed by atoms with E-state index in [0.29, 0.717) is 22.9 Å². The molecule has 1 aliphatic carbocycles. The zero-order valence-corrected chi connectivity index (χ0v) is 11.5. The number of rotatable bonds is 4. The molecule has 0 saturated heterocycles. The van der Waals surface area contributed by atoms with Gasteiger partial charge in [-0.15, -0.1) is 0 Å². The molecule has 2 aliphatic rings. The molecule has 2 atom stereocenters. The average molecular weight is 289 g/mol. The maximum Gasteiger partial charge on any atom is 0.309 e. The summed E-state index contributed by atoms with van der Waals surface area (Å²) in [5.74, 6) is -0.0707. The van der Waals surface area contributed by atoms with Gasteiger partial charge in [-0.1, -0.05) is 6.92 Å². The summed E-state index contributed by atoms with van der Waals surface area (Å²) in [6, 6.07) is 4.74. The minimum absolute atomic E-state index is 0.0303. The molecule has 6 heteroatoms. The first kappa shape index (κ1) is 13.6. The molecular weight excluding hydrogens is 274 g/mol. The van der Waals surface area contributed by atoms with E-state index in [1.165, 1.54) is 6.07 Å². The van der Waals surface area contributed by atoms with Crippen LogP contribution in [0.5, 0.6) is 5.75 Å². The first-order chi connectivity index (χ1) is 10.0. The van der Waals surface area contributed by atoms with Crippen molar-refractivity contribution in [3.63, 3.8) is 0 Å². The first-order valence-electron chi connectivity index (χ1n) is 6.81. The predicted octanol–water partition coefficient (Wildman–Crippen LogP) is 1.40. The molecule has 110 valence electrons. The van der Waals surface area contributed by atoms with Gasteiger partial charge in [0.25, 0.3) is 5.91 Å². The molecule has 1 saturated carbocycles. The summed E-state index contributed by atoms with van der Waals surface area (Å²) in [7, 11) is 0. The van der Waals surface area contributed by atoms with E-state index in [1.54, 1.807) is 12.1 Å². The van der Waals surface area contributed by atoms with Crippen LogP contribution >= 0.6 is 0 Å². The third-order valence-corrected chi connectivity index (χ3v) is 3.69. The van der Waals surface area contributed by atoms with Gasteiger partial charge in [0.05, 0.1) is 11.6 Å². The average Bonchev–Trinajstić information content (AvgIpc) is 3.20. The first-order valence-corrected chi connectivity index (χ1v) is 6.81. The van der Waals surface area contributed by atoms with E-state index in [1.807, 2.05) is 6.92 Å². The summed E-state index contributed by atoms with van der Waals surface area (Å²) in [6.07, 6.45) is 0.829. The lowest BCUT2D eigenvalue weighted by atomic mass is 10.1. The number of anilines is 1. The van der Waals surface area contributed by atoms with Crippen LogP contribution in [-0.4, -0.2) is 30.9 Å². The lowest BCUT2D eigenvalue weighted by molar-refractivity contribution is -0.144. The highest BCUT2D eigenvalue weighted by Crippen LogP contribution is 2.38. The third-order valence-electron chi connectivity index (χ3n) is 3.69. The molecular formula is C15H15NO5. The van der Waals surface area contributed by atoms with Crippen LogP contribution in [0.1, 0.15) is 23.7 Å². The van der Waals surface area contributed by atoms with Crippen molar-refractivity contribution in [3.8, 4) is 5.75 Å². The molecule has 6 nitrogen and oxygen atoms in total. The fourth-order valence-corrected chi connectivity index (χ4v) is 2.23. The van der Waals surface area contributed by atoms with Crippen LogP contribution in [0, 0.1) is 11.8 Å². The van der Waals surface area contributed by atoms with Gasteiger partial charge in [0, 0.05) is 5.56 Å². The van der Waals surface area contributed by atoms with Gasteiger partial charge in [0.2, 0.25) is 0 Å². The molecule has 1 amide bonds. The Bertz CT molecular complexity index is 624. The maximum absolute atomic E-state index is 12.0. The maximum atomic E-state index is 12.0. The Hall–Kier alpha value is -2.37. The van der Waals surface area contributed by atoms with Gasteiger partial charge in [-0.05, 0) is 30.5 Å². The Morgan fingerprint density at radius 3 is 2.90 bits per heavy atom. The van der Waals surface area contributed by atoms with E-state index >= 15 is 0 Å². The third kappa shape index (κ3) is 2.89. The fourth-order valence-electron chi connectivity index (χ4n) is 2.23. The smallest absolute Gasteiger partial charge is 0.309 e. The van der Waals surface area contributed by atoms with Crippen LogP contribution in [0.2, 0.25) is 0 Å². The molecule has 0 bridgehead atoms. The number of carbonyl (C=O) groups is 3. The highest BCUT2D eigenvalue weighted by atomic mass is 16.5. The Labute approximate surface area is 121 Å². The lowest BCUT2D eigenvalue weighted by Gasteiger charge is -2.18. The molecule has 1 aromatic rings. The summed E-state index contributed by atoms with van der Waals surface area (Å²) in [5.41, 5.74) is 0.829. The van der Waals surface area contributed by atoms with Crippen LogP contribution in [0.15, 0.2) is 18.2 Å². The van der Waals surface area contributed by atoms with Crippen molar-refractivity contribution < 1.29 is 23.9 Å². The zero-order chi connectivity index (χ0) is 15.0. The number of ether oxygens (including phenoxy) is 2. The number of hydrogen-bond donors (Lipinski definition) is 1. The van der Waals surface area contributed by atoms with Crippen molar-refractivity contribution in [2.75, 3.05) is 18.5 Å². The van der Waals surface area contributed by atoms with Crippen molar-refractivity contribution >= 4 is 23.3 Å². The van der Waals surface area contributed by atoms with E-state index in [2.05, 4.69) is 5.32 Å². The summed E-state index contributed by atoms with van der Waals surface area (Å²) >= 11 is 0. The molecule has 1 aromatic carbocycles. The van der Waals surface area contributed by atoms with Gasteiger partial charge >= 0.3 is 5.97 Å². The molecule has 0 spiro atoms. The lowest BCUT2D eigenvalue weighted by Crippen LogP contribution is -2.25. The number of fused-ring (bicyclic) bond motifs is 1. The van der Waals surface area contributed by atoms with Crippen molar-refractivity contribution in [3.05, 3.63) is 23.8 Å². The molecule has 1 heterocycles. The Morgan fingerprint density at radius 2 is 2.19 bits per heavy atom. The molecule has 1 N–H and O–H groups in total. The predicted molar refractivity (Wildman–Crippen MR) is 73.1 cm³/mol. The largest absolute Gasteiger partial charge is 0.482 e. The van der Waals surface area contributed by atoms with Crippen molar-refractivity contribution in [1.82, 2.24) is 0 Å². The number of carbonyl (C=O) groups excluding carboxylic acids is 3. The van der Waals surface area contributed by atoms with Crippen molar-refractivity contribution in [2.24, 2.45) is 11.8 Å². The van der Waals surface area contributed by atoms with E-state index in [4.69, 9.17) is 9.47 Å². The van der Waals surface area contributed by atoms with Crippen LogP contribution in [0.3, 0.4) is 0 Å². The zero-order valence-electron chi connectivity index (χ0n) is 11.5. The Morgan fingerprint density at radius 1 is 1.43 bits per heavy atom. The summed E-state index contributed by atoms with van der Waals surface area (Å²) in [4.78, 5) is 34.8. The number of ketones is 1. The fraction of sp³-hybridized carbons (Fsp3) is 0.400. The highest BCUT2D eigenvalue weighted by Gasteiger charge is 2.40. The Balaban J connectivity index is 1.63. The van der Waals surface area contributed by atoms with Gasteiger partial charge < -0.3 is 14.8 Å². The Kier molecular flexibility index (Phi) is 3.37. The number of Topliss-reactive ketones (excluding diaryl/α,β-unsaturated/α-hetero) is 1. The normalized spacial score (nSPS) is 22.6. The van der Waals surface area contributed by atoms with Gasteiger partial charge in [-0.3, -0.25) is 14.4 Å². The van der Waals surface area contributed by atoms with Crippen LogP contribution in [0.4, 0.5) is 5.69 Å². The molecule has 21 heavy (non-hydrogen) atoms. The van der Waals surface area contributed by atoms with E-state index < -0.39 is 0 Å². The van der Waals surface area contributed by atoms with Crippen LogP contribution in [0.25, 0.3) is 0 Å². The van der Waals surface area contributed by atoms with E-state index in [-0.39, 0.29) is 36.8 Å². The van der Waals surface area contributed by atoms with Crippen LogP contribution < -0.4 is 10.1 Å². The van der Waals surface area contributed by atoms with Gasteiger partial charge in [-0.2, -0.15) is 0 Å². The number of esters is 1. The summed E-state index contributed by atoms with van der Waals surface area (Å²) < 4.78 is 10.2.